The fourth-order valence-corrected chi connectivity index (χ4v) is 2.07. The van der Waals surface area contributed by atoms with Crippen molar-refractivity contribution in [3.05, 3.63) is 65.2 Å². The van der Waals surface area contributed by atoms with Crippen molar-refractivity contribution < 1.29 is 0 Å². The number of nitrogens with zero attached hydrogens (tertiary/aromatic N) is 1. The Hall–Kier alpha value is -2.27. The van der Waals surface area contributed by atoms with Gasteiger partial charge in [0.05, 0.1) is 5.56 Å². The standard InChI is InChI=1S/C16H16N2/c1-16(2,13-6-4-3-5-7-13)14-9-8-12(11-17)15(18)10-14/h3-10H,18H2,1-2H3. The third-order valence-electron chi connectivity index (χ3n) is 3.39. The molecule has 2 N–H and O–H groups in total. The number of rotatable bonds is 2. The molecule has 0 aliphatic rings. The first-order valence-electron chi connectivity index (χ1n) is 5.91. The van der Waals surface area contributed by atoms with Crippen molar-refractivity contribution in [3.63, 3.8) is 0 Å². The molecular formula is C16H16N2. The molecule has 2 rings (SSSR count). The molecule has 0 saturated carbocycles. The van der Waals surface area contributed by atoms with Gasteiger partial charge < -0.3 is 5.73 Å². The second-order valence-corrected chi connectivity index (χ2v) is 4.90. The van der Waals surface area contributed by atoms with E-state index in [-0.39, 0.29) is 5.41 Å². The van der Waals surface area contributed by atoms with Crippen LogP contribution < -0.4 is 5.73 Å². The molecule has 2 aromatic carbocycles. The maximum Gasteiger partial charge on any atom is 0.101 e. The Bertz CT molecular complexity index is 592. The van der Waals surface area contributed by atoms with E-state index in [1.165, 1.54) is 5.56 Å². The molecule has 90 valence electrons. The minimum absolute atomic E-state index is 0.122. The Morgan fingerprint density at radius 2 is 1.67 bits per heavy atom. The summed E-state index contributed by atoms with van der Waals surface area (Å²) in [6, 6.07) is 18.0. The highest BCUT2D eigenvalue weighted by atomic mass is 14.6. The normalized spacial score (nSPS) is 10.9. The van der Waals surface area contributed by atoms with E-state index in [4.69, 9.17) is 11.0 Å². The van der Waals surface area contributed by atoms with Crippen LogP contribution in [0, 0.1) is 11.3 Å². The van der Waals surface area contributed by atoms with Crippen LogP contribution in [0.2, 0.25) is 0 Å². The molecule has 0 aromatic heterocycles. The number of nitrogens with two attached hydrogens (primary N) is 1. The molecule has 0 spiro atoms. The first-order chi connectivity index (χ1) is 8.55. The van der Waals surface area contributed by atoms with Crippen molar-refractivity contribution in [1.29, 1.82) is 5.26 Å². The Balaban J connectivity index is 2.49. The van der Waals surface area contributed by atoms with Gasteiger partial charge in [0.2, 0.25) is 0 Å². The highest BCUT2D eigenvalue weighted by molar-refractivity contribution is 5.57. The third-order valence-corrected chi connectivity index (χ3v) is 3.39. The zero-order chi connectivity index (χ0) is 13.2. The number of nitrogen functional groups attached to an aromatic ring is 1. The highest BCUT2D eigenvalue weighted by Crippen LogP contribution is 2.32. The van der Waals surface area contributed by atoms with Crippen molar-refractivity contribution in [2.24, 2.45) is 0 Å². The van der Waals surface area contributed by atoms with E-state index in [9.17, 15) is 0 Å². The van der Waals surface area contributed by atoms with Crippen LogP contribution in [0.5, 0.6) is 0 Å². The molecule has 0 bridgehead atoms. The van der Waals surface area contributed by atoms with Crippen LogP contribution in [0.4, 0.5) is 5.69 Å². The molecule has 2 heteroatoms. The quantitative estimate of drug-likeness (QED) is 0.812. The molecule has 0 radical (unpaired) electrons. The lowest BCUT2D eigenvalue weighted by Crippen LogP contribution is -2.19. The summed E-state index contributed by atoms with van der Waals surface area (Å²) in [7, 11) is 0. The van der Waals surface area contributed by atoms with Crippen LogP contribution in [0.1, 0.15) is 30.5 Å². The van der Waals surface area contributed by atoms with E-state index in [0.717, 1.165) is 5.56 Å². The second-order valence-electron chi connectivity index (χ2n) is 4.90. The van der Waals surface area contributed by atoms with E-state index in [2.05, 4.69) is 32.0 Å². The average molecular weight is 236 g/mol. The summed E-state index contributed by atoms with van der Waals surface area (Å²) in [6.07, 6.45) is 0. The molecule has 18 heavy (non-hydrogen) atoms. The topological polar surface area (TPSA) is 49.8 Å². The van der Waals surface area contributed by atoms with E-state index < -0.39 is 0 Å². The summed E-state index contributed by atoms with van der Waals surface area (Å²) in [5.41, 5.74) is 9.18. The van der Waals surface area contributed by atoms with Gasteiger partial charge in [-0.15, -0.1) is 0 Å². The molecule has 0 atom stereocenters. The van der Waals surface area contributed by atoms with Crippen LogP contribution in [-0.2, 0) is 5.41 Å². The van der Waals surface area contributed by atoms with Crippen molar-refractivity contribution in [2.75, 3.05) is 5.73 Å². The Morgan fingerprint density at radius 3 is 2.22 bits per heavy atom. The molecule has 0 unspecified atom stereocenters. The molecule has 0 aliphatic carbocycles. The summed E-state index contributed by atoms with van der Waals surface area (Å²) >= 11 is 0. The largest absolute Gasteiger partial charge is 0.398 e. The number of anilines is 1. The molecule has 0 aliphatic heterocycles. The van der Waals surface area contributed by atoms with Gasteiger partial charge in [-0.05, 0) is 23.3 Å². The van der Waals surface area contributed by atoms with Crippen molar-refractivity contribution in [3.8, 4) is 6.07 Å². The number of benzene rings is 2. The lowest BCUT2D eigenvalue weighted by molar-refractivity contribution is 0.641. The lowest BCUT2D eigenvalue weighted by Gasteiger charge is -2.26. The smallest absolute Gasteiger partial charge is 0.101 e. The van der Waals surface area contributed by atoms with Crippen LogP contribution in [0.25, 0.3) is 0 Å². The monoisotopic (exact) mass is 236 g/mol. The van der Waals surface area contributed by atoms with E-state index in [1.807, 2.05) is 30.3 Å². The van der Waals surface area contributed by atoms with Crippen LogP contribution in [0.3, 0.4) is 0 Å². The molecule has 2 nitrogen and oxygen atoms in total. The van der Waals surface area contributed by atoms with Crippen molar-refractivity contribution >= 4 is 5.69 Å². The van der Waals surface area contributed by atoms with Gasteiger partial charge in [0.15, 0.2) is 0 Å². The second kappa shape index (κ2) is 4.54. The summed E-state index contributed by atoms with van der Waals surface area (Å²) in [5, 5.41) is 8.90. The fraction of sp³-hybridized carbons (Fsp3) is 0.188. The molecular weight excluding hydrogens is 220 g/mol. The number of hydrogen-bond acceptors (Lipinski definition) is 2. The predicted molar refractivity (Wildman–Crippen MR) is 74.1 cm³/mol. The Morgan fingerprint density at radius 1 is 1.00 bits per heavy atom. The lowest BCUT2D eigenvalue weighted by atomic mass is 9.78. The van der Waals surface area contributed by atoms with Crippen LogP contribution in [-0.4, -0.2) is 0 Å². The molecule has 0 amide bonds. The third kappa shape index (κ3) is 2.08. The molecule has 2 aromatic rings. The predicted octanol–water partition coefficient (Wildman–Crippen LogP) is 3.47. The number of hydrogen-bond donors (Lipinski definition) is 1. The van der Waals surface area contributed by atoms with E-state index >= 15 is 0 Å². The van der Waals surface area contributed by atoms with Gasteiger partial charge in [-0.1, -0.05) is 50.2 Å². The average Bonchev–Trinajstić information content (AvgIpc) is 2.39. The minimum atomic E-state index is -0.122. The van der Waals surface area contributed by atoms with Gasteiger partial charge in [0, 0.05) is 11.1 Å². The van der Waals surface area contributed by atoms with Crippen LogP contribution >= 0.6 is 0 Å². The minimum Gasteiger partial charge on any atom is -0.398 e. The first kappa shape index (κ1) is 12.2. The molecule has 0 saturated heterocycles. The molecule has 0 heterocycles. The summed E-state index contributed by atoms with van der Waals surface area (Å²) in [5.74, 6) is 0. The van der Waals surface area contributed by atoms with Gasteiger partial charge in [-0.2, -0.15) is 5.26 Å². The van der Waals surface area contributed by atoms with Crippen LogP contribution in [0.15, 0.2) is 48.5 Å². The highest BCUT2D eigenvalue weighted by Gasteiger charge is 2.23. The van der Waals surface area contributed by atoms with Gasteiger partial charge in [-0.3, -0.25) is 0 Å². The number of nitriles is 1. The van der Waals surface area contributed by atoms with Gasteiger partial charge in [0.1, 0.15) is 6.07 Å². The van der Waals surface area contributed by atoms with Gasteiger partial charge in [-0.25, -0.2) is 0 Å². The van der Waals surface area contributed by atoms with Crippen molar-refractivity contribution in [2.45, 2.75) is 19.3 Å². The fourth-order valence-electron chi connectivity index (χ4n) is 2.07. The first-order valence-corrected chi connectivity index (χ1v) is 5.91. The Kier molecular flexibility index (Phi) is 3.08. The Labute approximate surface area is 108 Å². The van der Waals surface area contributed by atoms with Gasteiger partial charge in [0.25, 0.3) is 0 Å². The van der Waals surface area contributed by atoms with Gasteiger partial charge >= 0.3 is 0 Å². The summed E-state index contributed by atoms with van der Waals surface area (Å²) in [6.45, 7) is 4.31. The van der Waals surface area contributed by atoms with Crippen molar-refractivity contribution in [1.82, 2.24) is 0 Å². The molecule has 0 fully saturated rings. The summed E-state index contributed by atoms with van der Waals surface area (Å²) < 4.78 is 0. The summed E-state index contributed by atoms with van der Waals surface area (Å²) in [4.78, 5) is 0. The zero-order valence-corrected chi connectivity index (χ0v) is 10.6. The van der Waals surface area contributed by atoms with E-state index in [1.54, 1.807) is 6.07 Å². The maximum atomic E-state index is 8.90. The zero-order valence-electron chi connectivity index (χ0n) is 10.6. The SMILES string of the molecule is CC(C)(c1ccccc1)c1ccc(C#N)c(N)c1. The maximum absolute atomic E-state index is 8.90. The van der Waals surface area contributed by atoms with E-state index in [0.29, 0.717) is 11.3 Å².